The lowest BCUT2D eigenvalue weighted by molar-refractivity contribution is -0.171. The summed E-state index contributed by atoms with van der Waals surface area (Å²) in [5.41, 5.74) is 1.42. The van der Waals surface area contributed by atoms with Gasteiger partial charge in [0.15, 0.2) is 6.29 Å². The Kier molecular flexibility index (Phi) is 6.53. The van der Waals surface area contributed by atoms with Crippen LogP contribution < -0.4 is 0 Å². The second kappa shape index (κ2) is 8.16. The Hall–Kier alpha value is -0.380. The second-order valence-corrected chi connectivity index (χ2v) is 6.62. The molecule has 0 N–H and O–H groups in total. The van der Waals surface area contributed by atoms with Gasteiger partial charge in [0, 0.05) is 17.4 Å². The molecule has 2 nitrogen and oxygen atoms in total. The van der Waals surface area contributed by atoms with Crippen molar-refractivity contribution in [3.63, 3.8) is 0 Å². The monoisotopic (exact) mass is 340 g/mol. The molecule has 0 unspecified atom stereocenters. The lowest BCUT2D eigenvalue weighted by Crippen LogP contribution is -2.33. The second-order valence-electron chi connectivity index (χ2n) is 5.83. The maximum Gasteiger partial charge on any atom is 0.157 e. The zero-order valence-electron chi connectivity index (χ0n) is 12.3. The van der Waals surface area contributed by atoms with Crippen molar-refractivity contribution in [1.29, 1.82) is 0 Å². The number of ether oxygens (including phenoxy) is 2. The van der Waals surface area contributed by atoms with Gasteiger partial charge in [-0.2, -0.15) is 0 Å². The molecule has 0 spiro atoms. The molecule has 1 fully saturated rings. The van der Waals surface area contributed by atoms with Crippen LogP contribution in [0, 0.1) is 0 Å². The molecule has 0 aromatic heterocycles. The molecule has 1 aromatic rings. The fraction of sp³-hybridized carbons (Fsp3) is 0.647. The molecule has 1 heterocycles. The smallest absolute Gasteiger partial charge is 0.157 e. The van der Waals surface area contributed by atoms with E-state index in [4.69, 9.17) is 9.47 Å². The molecule has 0 saturated carbocycles. The van der Waals surface area contributed by atoms with Gasteiger partial charge in [-0.1, -0.05) is 53.2 Å². The maximum absolute atomic E-state index is 6.06. The first kappa shape index (κ1) is 16.0. The van der Waals surface area contributed by atoms with Crippen LogP contribution in [0.15, 0.2) is 30.3 Å². The quantitative estimate of drug-likeness (QED) is 0.672. The first-order valence-corrected chi connectivity index (χ1v) is 8.71. The minimum atomic E-state index is -0.00393. The molecule has 1 aliphatic heterocycles. The summed E-state index contributed by atoms with van der Waals surface area (Å²) >= 11 is 3.54. The minimum absolute atomic E-state index is 0.00393. The number of rotatable bonds is 7. The summed E-state index contributed by atoms with van der Waals surface area (Å²) in [6.07, 6.45) is 5.68. The van der Waals surface area contributed by atoms with Gasteiger partial charge >= 0.3 is 0 Å². The predicted octanol–water partition coefficient (Wildman–Crippen LogP) is 4.66. The van der Waals surface area contributed by atoms with Crippen LogP contribution in [-0.4, -0.2) is 24.8 Å². The Morgan fingerprint density at radius 3 is 2.75 bits per heavy atom. The highest BCUT2D eigenvalue weighted by molar-refractivity contribution is 9.09. The first-order chi connectivity index (χ1) is 9.74. The van der Waals surface area contributed by atoms with Gasteiger partial charge in [0.05, 0.1) is 6.61 Å². The third-order valence-electron chi connectivity index (χ3n) is 4.06. The van der Waals surface area contributed by atoms with Gasteiger partial charge in [-0.25, -0.2) is 0 Å². The Morgan fingerprint density at radius 2 is 2.10 bits per heavy atom. The molecule has 0 radical (unpaired) electrons. The topological polar surface area (TPSA) is 18.5 Å². The molecule has 2 rings (SSSR count). The SMILES string of the molecule is C[C@](CCCBr)(CO[C@@H]1CCCCO1)c1ccccc1. The van der Waals surface area contributed by atoms with E-state index < -0.39 is 0 Å². The van der Waals surface area contributed by atoms with Crippen LogP contribution in [-0.2, 0) is 14.9 Å². The summed E-state index contributed by atoms with van der Waals surface area (Å²) in [5, 5.41) is 1.04. The van der Waals surface area contributed by atoms with Gasteiger partial charge in [0.2, 0.25) is 0 Å². The van der Waals surface area contributed by atoms with Gasteiger partial charge in [-0.3, -0.25) is 0 Å². The number of halogens is 1. The van der Waals surface area contributed by atoms with Gasteiger partial charge in [0.25, 0.3) is 0 Å². The summed E-state index contributed by atoms with van der Waals surface area (Å²) in [5.74, 6) is 0. The highest BCUT2D eigenvalue weighted by Gasteiger charge is 2.28. The minimum Gasteiger partial charge on any atom is -0.353 e. The van der Waals surface area contributed by atoms with Crippen LogP contribution >= 0.6 is 15.9 Å². The third-order valence-corrected chi connectivity index (χ3v) is 4.62. The molecule has 0 bridgehead atoms. The Labute approximate surface area is 131 Å². The van der Waals surface area contributed by atoms with E-state index in [2.05, 4.69) is 53.2 Å². The molecule has 1 saturated heterocycles. The van der Waals surface area contributed by atoms with Gasteiger partial charge < -0.3 is 9.47 Å². The van der Waals surface area contributed by atoms with E-state index in [0.717, 1.165) is 37.8 Å². The molecule has 3 heteroatoms. The Balaban J connectivity index is 1.98. The molecule has 0 amide bonds. The molecule has 0 aliphatic carbocycles. The fourth-order valence-electron chi connectivity index (χ4n) is 2.72. The van der Waals surface area contributed by atoms with E-state index >= 15 is 0 Å². The van der Waals surface area contributed by atoms with E-state index in [1.54, 1.807) is 0 Å². The van der Waals surface area contributed by atoms with Crippen molar-refractivity contribution in [2.24, 2.45) is 0 Å². The van der Waals surface area contributed by atoms with Crippen molar-refractivity contribution < 1.29 is 9.47 Å². The Bertz CT molecular complexity index is 376. The van der Waals surface area contributed by atoms with Gasteiger partial charge in [-0.05, 0) is 37.7 Å². The summed E-state index contributed by atoms with van der Waals surface area (Å²) in [7, 11) is 0. The zero-order valence-corrected chi connectivity index (χ0v) is 13.9. The standard InChI is InChI=1S/C17H25BrO2/c1-17(11-7-12-18,15-8-3-2-4-9-15)14-20-16-10-5-6-13-19-16/h2-4,8-9,16H,5-7,10-14H2,1H3/t16-,17+/m1/s1. The highest BCUT2D eigenvalue weighted by atomic mass is 79.9. The average molecular weight is 341 g/mol. The molecule has 20 heavy (non-hydrogen) atoms. The summed E-state index contributed by atoms with van der Waals surface area (Å²) in [4.78, 5) is 0. The molecule has 1 aromatic carbocycles. The van der Waals surface area contributed by atoms with E-state index in [1.165, 1.54) is 18.4 Å². The van der Waals surface area contributed by atoms with E-state index in [9.17, 15) is 0 Å². The molecule has 1 aliphatic rings. The van der Waals surface area contributed by atoms with Crippen LogP contribution in [0.25, 0.3) is 0 Å². The van der Waals surface area contributed by atoms with Gasteiger partial charge in [0.1, 0.15) is 0 Å². The largest absolute Gasteiger partial charge is 0.353 e. The third kappa shape index (κ3) is 4.57. The van der Waals surface area contributed by atoms with E-state index in [0.29, 0.717) is 0 Å². The molecule has 2 atom stereocenters. The van der Waals surface area contributed by atoms with Crippen molar-refractivity contribution in [3.8, 4) is 0 Å². The maximum atomic E-state index is 6.06. The van der Waals surface area contributed by atoms with Crippen molar-refractivity contribution >= 4 is 15.9 Å². The first-order valence-electron chi connectivity index (χ1n) is 7.59. The van der Waals surface area contributed by atoms with E-state index in [-0.39, 0.29) is 11.7 Å². The van der Waals surface area contributed by atoms with Crippen LogP contribution in [0.2, 0.25) is 0 Å². The van der Waals surface area contributed by atoms with Crippen molar-refractivity contribution in [3.05, 3.63) is 35.9 Å². The van der Waals surface area contributed by atoms with Crippen LogP contribution in [0.5, 0.6) is 0 Å². The molecular weight excluding hydrogens is 316 g/mol. The van der Waals surface area contributed by atoms with Gasteiger partial charge in [-0.15, -0.1) is 0 Å². The summed E-state index contributed by atoms with van der Waals surface area (Å²) in [6, 6.07) is 10.7. The predicted molar refractivity (Wildman–Crippen MR) is 86.4 cm³/mol. The Morgan fingerprint density at radius 1 is 1.30 bits per heavy atom. The van der Waals surface area contributed by atoms with E-state index in [1.807, 2.05) is 0 Å². The van der Waals surface area contributed by atoms with Crippen molar-refractivity contribution in [2.75, 3.05) is 18.5 Å². The van der Waals surface area contributed by atoms with Crippen LogP contribution in [0.3, 0.4) is 0 Å². The van der Waals surface area contributed by atoms with Crippen molar-refractivity contribution in [1.82, 2.24) is 0 Å². The van der Waals surface area contributed by atoms with Crippen LogP contribution in [0.4, 0.5) is 0 Å². The lowest BCUT2D eigenvalue weighted by Gasteiger charge is -2.33. The highest BCUT2D eigenvalue weighted by Crippen LogP contribution is 2.31. The summed E-state index contributed by atoms with van der Waals surface area (Å²) < 4.78 is 11.7. The fourth-order valence-corrected chi connectivity index (χ4v) is 3.00. The number of benzene rings is 1. The normalized spacial score (nSPS) is 22.4. The average Bonchev–Trinajstić information content (AvgIpc) is 2.53. The van der Waals surface area contributed by atoms with Crippen LogP contribution in [0.1, 0.15) is 44.6 Å². The molecule has 112 valence electrons. The number of hydrogen-bond acceptors (Lipinski definition) is 2. The molecular formula is C17H25BrO2. The zero-order chi connectivity index (χ0) is 14.3. The number of alkyl halides is 1. The summed E-state index contributed by atoms with van der Waals surface area (Å²) in [6.45, 7) is 3.87. The number of hydrogen-bond donors (Lipinski definition) is 0. The lowest BCUT2D eigenvalue weighted by atomic mass is 9.79. The van der Waals surface area contributed by atoms with Crippen molar-refractivity contribution in [2.45, 2.75) is 50.7 Å².